The van der Waals surface area contributed by atoms with Crippen LogP contribution in [0.3, 0.4) is 0 Å². The second-order valence-corrected chi connectivity index (χ2v) is 6.33. The van der Waals surface area contributed by atoms with Gasteiger partial charge in [-0.3, -0.25) is 20.2 Å². The van der Waals surface area contributed by atoms with Crippen LogP contribution in [0.15, 0.2) is 48.5 Å². The fraction of sp³-hybridized carbons (Fsp3) is 0.143. The van der Waals surface area contributed by atoms with Crippen LogP contribution in [0.4, 0.5) is 17.1 Å². The largest absolute Gasteiger partial charge is 0.326 e. The zero-order valence-electron chi connectivity index (χ0n) is 11.4. The molecule has 1 fully saturated rings. The Morgan fingerprint density at radius 3 is 1.74 bits per heavy atom. The summed E-state index contributed by atoms with van der Waals surface area (Å²) in [5, 5.41) is 21.4. The molecule has 1 aliphatic rings. The van der Waals surface area contributed by atoms with Gasteiger partial charge < -0.3 is 4.90 Å². The highest BCUT2D eigenvalue weighted by Gasteiger charge is 2.62. The number of halogens is 2. The van der Waals surface area contributed by atoms with Gasteiger partial charge in [-0.05, 0) is 29.8 Å². The van der Waals surface area contributed by atoms with Crippen LogP contribution in [0.2, 0.25) is 0 Å². The summed E-state index contributed by atoms with van der Waals surface area (Å²) in [6.07, 6.45) is 0. The van der Waals surface area contributed by atoms with Crippen LogP contribution in [-0.2, 0) is 0 Å². The van der Waals surface area contributed by atoms with Crippen LogP contribution in [0.5, 0.6) is 0 Å². The molecule has 3 rings (SSSR count). The summed E-state index contributed by atoms with van der Waals surface area (Å²) < 4.78 is -1.20. The number of nitro benzene ring substituents is 2. The van der Waals surface area contributed by atoms with Gasteiger partial charge in [-0.1, -0.05) is 23.2 Å². The normalized spacial score (nSPS) is 18.5. The van der Waals surface area contributed by atoms with Gasteiger partial charge in [-0.25, -0.2) is 0 Å². The smallest absolute Gasteiger partial charge is 0.269 e. The Morgan fingerprint density at radius 1 is 0.870 bits per heavy atom. The zero-order valence-corrected chi connectivity index (χ0v) is 12.9. The Hall–Kier alpha value is -2.38. The Balaban J connectivity index is 1.87. The molecule has 1 saturated heterocycles. The van der Waals surface area contributed by atoms with Crippen LogP contribution < -0.4 is 4.90 Å². The van der Waals surface area contributed by atoms with Gasteiger partial charge in [0.05, 0.1) is 9.85 Å². The fourth-order valence-electron chi connectivity index (χ4n) is 2.43. The Kier molecular flexibility index (Phi) is 3.62. The fourth-order valence-corrected chi connectivity index (χ4v) is 3.17. The summed E-state index contributed by atoms with van der Waals surface area (Å²) in [5.41, 5.74) is 1.30. The summed E-state index contributed by atoms with van der Waals surface area (Å²) >= 11 is 12.5. The molecule has 2 aromatic carbocycles. The maximum absolute atomic E-state index is 10.7. The predicted molar refractivity (Wildman–Crippen MR) is 85.8 cm³/mol. The molecule has 118 valence electrons. The third kappa shape index (κ3) is 2.69. The predicted octanol–water partition coefficient (Wildman–Crippen LogP) is 4.20. The first-order valence-electron chi connectivity index (χ1n) is 6.48. The van der Waals surface area contributed by atoms with E-state index in [1.807, 2.05) is 0 Å². The number of non-ortho nitro benzene ring substituents is 2. The van der Waals surface area contributed by atoms with Crippen LogP contribution in [-0.4, -0.2) is 14.3 Å². The Bertz CT molecular complexity index is 712. The molecule has 0 unspecified atom stereocenters. The van der Waals surface area contributed by atoms with Gasteiger partial charge in [0.15, 0.2) is 0 Å². The third-order valence-corrected chi connectivity index (χ3v) is 4.38. The van der Waals surface area contributed by atoms with Gasteiger partial charge in [0.2, 0.25) is 4.46 Å². The van der Waals surface area contributed by atoms with E-state index in [-0.39, 0.29) is 17.4 Å². The van der Waals surface area contributed by atoms with E-state index in [9.17, 15) is 20.2 Å². The second kappa shape index (κ2) is 5.36. The molecule has 23 heavy (non-hydrogen) atoms. The minimum absolute atomic E-state index is 0.0222. The molecule has 0 radical (unpaired) electrons. The monoisotopic (exact) mass is 353 g/mol. The average Bonchev–Trinajstić information content (AvgIpc) is 3.09. The van der Waals surface area contributed by atoms with Crippen molar-refractivity contribution in [3.63, 3.8) is 0 Å². The molecule has 0 aromatic heterocycles. The van der Waals surface area contributed by atoms with Gasteiger partial charge in [0.25, 0.3) is 11.4 Å². The Morgan fingerprint density at radius 2 is 1.30 bits per heavy atom. The van der Waals surface area contributed by atoms with Gasteiger partial charge >= 0.3 is 0 Å². The van der Waals surface area contributed by atoms with Crippen molar-refractivity contribution in [3.8, 4) is 0 Å². The number of alkyl halides is 2. The molecule has 0 saturated carbocycles. The van der Waals surface area contributed by atoms with Crippen LogP contribution >= 0.6 is 23.2 Å². The van der Waals surface area contributed by atoms with Crippen LogP contribution in [0.25, 0.3) is 0 Å². The summed E-state index contributed by atoms with van der Waals surface area (Å²) in [6.45, 7) is 0. The van der Waals surface area contributed by atoms with E-state index in [0.29, 0.717) is 5.69 Å². The minimum Gasteiger partial charge on any atom is -0.326 e. The lowest BCUT2D eigenvalue weighted by molar-refractivity contribution is -0.385. The number of hydrogen-bond donors (Lipinski definition) is 0. The number of benzene rings is 2. The number of anilines is 1. The van der Waals surface area contributed by atoms with E-state index in [2.05, 4.69) is 0 Å². The molecule has 9 heteroatoms. The molecule has 1 atom stereocenters. The van der Waals surface area contributed by atoms with Crippen molar-refractivity contribution in [2.45, 2.75) is 10.5 Å². The number of rotatable bonds is 4. The molecule has 0 spiro atoms. The van der Waals surface area contributed by atoms with Crippen molar-refractivity contribution < 1.29 is 9.85 Å². The summed E-state index contributed by atoms with van der Waals surface area (Å²) in [6, 6.07) is 11.4. The summed E-state index contributed by atoms with van der Waals surface area (Å²) in [4.78, 5) is 22.1. The molecule has 0 N–H and O–H groups in total. The van der Waals surface area contributed by atoms with E-state index < -0.39 is 14.3 Å². The lowest BCUT2D eigenvalue weighted by atomic mass is 10.1. The molecule has 0 bridgehead atoms. The van der Waals surface area contributed by atoms with Crippen molar-refractivity contribution >= 4 is 40.3 Å². The van der Waals surface area contributed by atoms with Crippen molar-refractivity contribution in [2.75, 3.05) is 4.90 Å². The highest BCUT2D eigenvalue weighted by molar-refractivity contribution is 6.53. The van der Waals surface area contributed by atoms with E-state index in [1.54, 1.807) is 29.2 Å². The molecule has 0 aliphatic carbocycles. The van der Waals surface area contributed by atoms with Crippen molar-refractivity contribution in [2.24, 2.45) is 0 Å². The van der Waals surface area contributed by atoms with Gasteiger partial charge in [-0.15, -0.1) is 0 Å². The van der Waals surface area contributed by atoms with E-state index >= 15 is 0 Å². The standard InChI is InChI=1S/C14H9Cl2N3O4/c15-14(16)13(9-1-3-11(4-2-9)18(20)21)17(14)10-5-7-12(8-6-10)19(22)23/h1-8,13H/t13-,17?/m0/s1. The summed E-state index contributed by atoms with van der Waals surface area (Å²) in [5.74, 6) is 0. The van der Waals surface area contributed by atoms with Crippen molar-refractivity contribution in [1.29, 1.82) is 0 Å². The van der Waals surface area contributed by atoms with Gasteiger partial charge in [0, 0.05) is 30.0 Å². The van der Waals surface area contributed by atoms with E-state index in [4.69, 9.17) is 23.2 Å². The number of nitrogens with zero attached hydrogens (tertiary/aromatic N) is 3. The molecule has 2 aromatic rings. The molecule has 1 aliphatic heterocycles. The zero-order chi connectivity index (χ0) is 16.8. The molecular formula is C14H9Cl2N3O4. The molecule has 0 amide bonds. The molecule has 1 heterocycles. The SMILES string of the molecule is O=[N+]([O-])c1ccc([C@@H]2N(c3ccc([N+](=O)[O-])cc3)C2(Cl)Cl)cc1. The quantitative estimate of drug-likeness (QED) is 0.270. The molecule has 7 nitrogen and oxygen atoms in total. The van der Waals surface area contributed by atoms with Gasteiger partial charge in [-0.2, -0.15) is 0 Å². The minimum atomic E-state index is -1.20. The lowest BCUT2D eigenvalue weighted by Crippen LogP contribution is -2.01. The average molecular weight is 354 g/mol. The van der Waals surface area contributed by atoms with Crippen LogP contribution in [0.1, 0.15) is 11.6 Å². The topological polar surface area (TPSA) is 89.3 Å². The first-order valence-corrected chi connectivity index (χ1v) is 7.24. The van der Waals surface area contributed by atoms with Crippen molar-refractivity contribution in [1.82, 2.24) is 0 Å². The maximum atomic E-state index is 10.7. The second-order valence-electron chi connectivity index (χ2n) is 4.98. The number of hydrogen-bond acceptors (Lipinski definition) is 5. The Labute approximate surface area is 140 Å². The maximum Gasteiger partial charge on any atom is 0.269 e. The summed E-state index contributed by atoms with van der Waals surface area (Å²) in [7, 11) is 0. The number of nitro groups is 2. The van der Waals surface area contributed by atoms with E-state index in [0.717, 1.165) is 5.56 Å². The van der Waals surface area contributed by atoms with Crippen molar-refractivity contribution in [3.05, 3.63) is 74.3 Å². The highest BCUT2D eigenvalue weighted by atomic mass is 35.5. The highest BCUT2D eigenvalue weighted by Crippen LogP contribution is 2.61. The first kappa shape index (κ1) is 15.5. The lowest BCUT2D eigenvalue weighted by Gasteiger charge is -2.05. The third-order valence-electron chi connectivity index (χ3n) is 3.60. The molecular weight excluding hydrogens is 345 g/mol. The van der Waals surface area contributed by atoms with Gasteiger partial charge in [0.1, 0.15) is 6.04 Å². The van der Waals surface area contributed by atoms with Crippen LogP contribution in [0, 0.1) is 20.2 Å². The first-order chi connectivity index (χ1) is 10.8. The van der Waals surface area contributed by atoms with E-state index in [1.165, 1.54) is 24.3 Å².